The monoisotopic (exact) mass is 327 g/mol. The molecule has 1 aromatic carbocycles. The number of nitrogens with one attached hydrogen (secondary N) is 2. The van der Waals surface area contributed by atoms with Crippen LogP contribution in [0.15, 0.2) is 24.3 Å². The summed E-state index contributed by atoms with van der Waals surface area (Å²) in [5, 5.41) is 10.1. The fraction of sp³-hybridized carbons (Fsp3) is 0.444. The van der Waals surface area contributed by atoms with Crippen LogP contribution in [-0.4, -0.2) is 42.5 Å². The molecule has 2 aliphatic rings. The van der Waals surface area contributed by atoms with Crippen molar-refractivity contribution in [3.05, 3.63) is 35.5 Å². The average Bonchev–Trinajstić information content (AvgIpc) is 3.29. The molecule has 2 N–H and O–H groups in total. The molecule has 1 aromatic heterocycles. The summed E-state index contributed by atoms with van der Waals surface area (Å²) in [5.74, 6) is 1.34. The predicted molar refractivity (Wildman–Crippen MR) is 89.1 cm³/mol. The van der Waals surface area contributed by atoms with Crippen molar-refractivity contribution in [2.45, 2.75) is 19.3 Å². The Hall–Kier alpha value is -2.34. The second kappa shape index (κ2) is 6.65. The summed E-state index contributed by atoms with van der Waals surface area (Å²) in [6, 6.07) is 7.83. The first-order valence-electron chi connectivity index (χ1n) is 8.47. The highest BCUT2D eigenvalue weighted by Gasteiger charge is 2.18. The van der Waals surface area contributed by atoms with Crippen molar-refractivity contribution < 1.29 is 14.3 Å². The normalized spacial score (nSPS) is 17.3. The third-order valence-electron chi connectivity index (χ3n) is 4.70. The molecule has 0 saturated carbocycles. The number of rotatable bonds is 4. The van der Waals surface area contributed by atoms with Gasteiger partial charge in [0.25, 0.3) is 5.91 Å². The molecule has 4 rings (SSSR count). The Morgan fingerprint density at radius 2 is 2.12 bits per heavy atom. The van der Waals surface area contributed by atoms with Gasteiger partial charge >= 0.3 is 0 Å². The summed E-state index contributed by atoms with van der Waals surface area (Å²) < 4.78 is 10.9. The van der Waals surface area contributed by atoms with E-state index in [1.807, 2.05) is 12.1 Å². The lowest BCUT2D eigenvalue weighted by atomic mass is 10.0. The average molecular weight is 327 g/mol. The molecular formula is C18H21N3O3. The molecular weight excluding hydrogens is 306 g/mol. The second-order valence-electron chi connectivity index (χ2n) is 6.35. The summed E-state index contributed by atoms with van der Waals surface area (Å²) in [4.78, 5) is 12.3. The maximum absolute atomic E-state index is 12.3. The van der Waals surface area contributed by atoms with E-state index in [0.717, 1.165) is 56.1 Å². The minimum Gasteiger partial charge on any atom is -0.493 e. The number of hydrogen-bond donors (Lipinski definition) is 2. The van der Waals surface area contributed by atoms with Gasteiger partial charge in [0.05, 0.1) is 12.3 Å². The molecule has 6 heteroatoms. The molecule has 1 amide bonds. The number of amides is 1. The summed E-state index contributed by atoms with van der Waals surface area (Å²) in [5.41, 5.74) is 3.47. The SMILES string of the molecule is O=C(NCC1CCOCC1)c1cc(-c2ccc3c(c2)CCO3)n[nH]1. The van der Waals surface area contributed by atoms with E-state index in [2.05, 4.69) is 21.6 Å². The number of benzene rings is 1. The molecule has 0 atom stereocenters. The minimum absolute atomic E-state index is 0.107. The van der Waals surface area contributed by atoms with Gasteiger partial charge in [0.2, 0.25) is 0 Å². The lowest BCUT2D eigenvalue weighted by Gasteiger charge is -2.21. The molecule has 2 aromatic rings. The lowest BCUT2D eigenvalue weighted by Crippen LogP contribution is -2.32. The smallest absolute Gasteiger partial charge is 0.269 e. The molecule has 126 valence electrons. The highest BCUT2D eigenvalue weighted by atomic mass is 16.5. The van der Waals surface area contributed by atoms with Crippen molar-refractivity contribution in [3.63, 3.8) is 0 Å². The van der Waals surface area contributed by atoms with Crippen LogP contribution in [0.3, 0.4) is 0 Å². The van der Waals surface area contributed by atoms with Crippen molar-refractivity contribution in [1.29, 1.82) is 0 Å². The topological polar surface area (TPSA) is 76.2 Å². The third kappa shape index (κ3) is 3.14. The van der Waals surface area contributed by atoms with Gasteiger partial charge in [-0.1, -0.05) is 0 Å². The Balaban J connectivity index is 1.41. The van der Waals surface area contributed by atoms with Gasteiger partial charge in [-0.15, -0.1) is 0 Å². The lowest BCUT2D eigenvalue weighted by molar-refractivity contribution is 0.0642. The Morgan fingerprint density at radius 3 is 3.00 bits per heavy atom. The highest BCUT2D eigenvalue weighted by Crippen LogP contribution is 2.29. The van der Waals surface area contributed by atoms with E-state index in [9.17, 15) is 4.79 Å². The van der Waals surface area contributed by atoms with Crippen molar-refractivity contribution >= 4 is 5.91 Å². The maximum Gasteiger partial charge on any atom is 0.269 e. The predicted octanol–water partition coefficient (Wildman–Crippen LogP) is 2.17. The van der Waals surface area contributed by atoms with Crippen LogP contribution in [0, 0.1) is 5.92 Å². The quantitative estimate of drug-likeness (QED) is 0.902. The molecule has 1 saturated heterocycles. The van der Waals surface area contributed by atoms with Crippen LogP contribution in [0.2, 0.25) is 0 Å². The summed E-state index contributed by atoms with van der Waals surface area (Å²) in [6.07, 6.45) is 2.93. The van der Waals surface area contributed by atoms with Crippen molar-refractivity contribution in [3.8, 4) is 17.0 Å². The number of aromatic nitrogens is 2. The highest BCUT2D eigenvalue weighted by molar-refractivity contribution is 5.93. The zero-order valence-electron chi connectivity index (χ0n) is 13.5. The van der Waals surface area contributed by atoms with Crippen molar-refractivity contribution in [1.82, 2.24) is 15.5 Å². The first-order valence-corrected chi connectivity index (χ1v) is 8.47. The zero-order chi connectivity index (χ0) is 16.4. The van der Waals surface area contributed by atoms with E-state index < -0.39 is 0 Å². The first-order chi connectivity index (χ1) is 11.8. The molecule has 1 fully saturated rings. The second-order valence-corrected chi connectivity index (χ2v) is 6.35. The van der Waals surface area contributed by atoms with Gasteiger partial charge in [0, 0.05) is 31.7 Å². The minimum atomic E-state index is -0.107. The van der Waals surface area contributed by atoms with Gasteiger partial charge in [0.1, 0.15) is 11.4 Å². The van der Waals surface area contributed by atoms with Gasteiger partial charge in [-0.25, -0.2) is 0 Å². The number of ether oxygens (including phenoxy) is 2. The van der Waals surface area contributed by atoms with E-state index in [0.29, 0.717) is 18.2 Å². The number of nitrogens with zero attached hydrogens (tertiary/aromatic N) is 1. The van der Waals surface area contributed by atoms with Gasteiger partial charge in [0.15, 0.2) is 0 Å². The van der Waals surface area contributed by atoms with Gasteiger partial charge in [-0.05, 0) is 48.6 Å². The molecule has 3 heterocycles. The standard InChI is InChI=1S/C18H21N3O3/c22-18(19-11-12-3-6-23-7-4-12)16-10-15(20-21-16)13-1-2-17-14(9-13)5-8-24-17/h1-2,9-10,12H,3-8,11H2,(H,19,22)(H,20,21). The van der Waals surface area contributed by atoms with Gasteiger partial charge < -0.3 is 14.8 Å². The molecule has 0 unspecified atom stereocenters. The third-order valence-corrected chi connectivity index (χ3v) is 4.70. The molecule has 0 aliphatic carbocycles. The number of aromatic amines is 1. The Kier molecular flexibility index (Phi) is 4.21. The molecule has 0 bridgehead atoms. The van der Waals surface area contributed by atoms with E-state index in [1.54, 1.807) is 6.07 Å². The van der Waals surface area contributed by atoms with Crippen LogP contribution in [0.5, 0.6) is 5.75 Å². The van der Waals surface area contributed by atoms with Crippen molar-refractivity contribution in [2.75, 3.05) is 26.4 Å². The fourth-order valence-corrected chi connectivity index (χ4v) is 3.21. The zero-order valence-corrected chi connectivity index (χ0v) is 13.5. The van der Waals surface area contributed by atoms with E-state index in [1.165, 1.54) is 5.56 Å². The van der Waals surface area contributed by atoms with Gasteiger partial charge in [-0.2, -0.15) is 5.10 Å². The van der Waals surface area contributed by atoms with E-state index in [4.69, 9.17) is 9.47 Å². The number of carbonyl (C=O) groups excluding carboxylic acids is 1. The van der Waals surface area contributed by atoms with Crippen LogP contribution < -0.4 is 10.1 Å². The van der Waals surface area contributed by atoms with Crippen LogP contribution >= 0.6 is 0 Å². The summed E-state index contributed by atoms with van der Waals surface area (Å²) >= 11 is 0. The van der Waals surface area contributed by atoms with Crippen LogP contribution in [0.25, 0.3) is 11.3 Å². The number of H-pyrrole nitrogens is 1. The van der Waals surface area contributed by atoms with Crippen LogP contribution in [0.1, 0.15) is 28.9 Å². The summed E-state index contributed by atoms with van der Waals surface area (Å²) in [7, 11) is 0. The summed E-state index contributed by atoms with van der Waals surface area (Å²) in [6.45, 7) is 3.00. The fourth-order valence-electron chi connectivity index (χ4n) is 3.21. The first kappa shape index (κ1) is 15.2. The molecule has 24 heavy (non-hydrogen) atoms. The largest absolute Gasteiger partial charge is 0.493 e. The van der Waals surface area contributed by atoms with Crippen molar-refractivity contribution in [2.24, 2.45) is 5.92 Å². The van der Waals surface area contributed by atoms with Crippen LogP contribution in [0.4, 0.5) is 0 Å². The molecule has 2 aliphatic heterocycles. The Morgan fingerprint density at radius 1 is 1.25 bits per heavy atom. The molecule has 6 nitrogen and oxygen atoms in total. The van der Waals surface area contributed by atoms with E-state index >= 15 is 0 Å². The number of carbonyl (C=O) groups is 1. The molecule has 0 spiro atoms. The Labute approximate surface area is 140 Å². The van der Waals surface area contributed by atoms with Crippen LogP contribution in [-0.2, 0) is 11.2 Å². The Bertz CT molecular complexity index is 735. The van der Waals surface area contributed by atoms with E-state index in [-0.39, 0.29) is 5.91 Å². The molecule has 0 radical (unpaired) electrons. The number of hydrogen-bond acceptors (Lipinski definition) is 4. The van der Waals surface area contributed by atoms with Gasteiger partial charge in [-0.3, -0.25) is 9.89 Å². The maximum atomic E-state index is 12.3. The number of fused-ring (bicyclic) bond motifs is 1.